The van der Waals surface area contributed by atoms with Crippen molar-refractivity contribution in [1.82, 2.24) is 19.9 Å². The second-order valence-electron chi connectivity index (χ2n) is 6.13. The summed E-state index contributed by atoms with van der Waals surface area (Å²) >= 11 is 0. The van der Waals surface area contributed by atoms with Crippen LogP contribution in [0.15, 0.2) is 48.9 Å². The Balaban J connectivity index is 1.66. The first kappa shape index (κ1) is 15.7. The number of aliphatic hydroxyl groups is 1. The summed E-state index contributed by atoms with van der Waals surface area (Å²) in [6.45, 7) is 3.17. The Morgan fingerprint density at radius 3 is 2.72 bits per heavy atom. The molecule has 1 aromatic carbocycles. The van der Waals surface area contributed by atoms with Gasteiger partial charge in [0.25, 0.3) is 0 Å². The van der Waals surface area contributed by atoms with E-state index in [2.05, 4.69) is 37.0 Å². The van der Waals surface area contributed by atoms with Crippen molar-refractivity contribution < 1.29 is 5.11 Å². The van der Waals surface area contributed by atoms with Crippen LogP contribution < -0.4 is 4.90 Å². The highest BCUT2D eigenvalue weighted by atomic mass is 16.3. The minimum Gasteiger partial charge on any atom is -0.385 e. The molecule has 0 unspecified atom stereocenters. The predicted molar refractivity (Wildman–Crippen MR) is 94.9 cm³/mol. The maximum atomic E-state index is 9.70. The number of aliphatic hydroxyl groups excluding tert-OH is 1. The monoisotopic (exact) mass is 333 g/mol. The van der Waals surface area contributed by atoms with Gasteiger partial charge in [-0.2, -0.15) is 0 Å². The third-order valence-corrected chi connectivity index (χ3v) is 4.41. The van der Waals surface area contributed by atoms with Crippen LogP contribution in [0.1, 0.15) is 30.1 Å². The smallest absolute Gasteiger partial charge is 0.158 e. The minimum atomic E-state index is -0.677. The molecule has 0 spiro atoms. The molecule has 4 rings (SSSR count). The molecule has 1 aliphatic rings. The maximum absolute atomic E-state index is 9.70. The average molecular weight is 333 g/mol. The first-order valence-electron chi connectivity index (χ1n) is 8.36. The molecule has 0 bridgehead atoms. The van der Waals surface area contributed by atoms with Crippen molar-refractivity contribution in [1.29, 1.82) is 0 Å². The van der Waals surface area contributed by atoms with Gasteiger partial charge < -0.3 is 10.0 Å². The number of hydrogen-bond donors (Lipinski definition) is 1. The molecule has 0 aliphatic carbocycles. The number of aromatic nitrogens is 4. The molecule has 0 radical (unpaired) electrons. The standard InChI is InChI=1S/C19H19N5O/c1-13(25)19-20-9-7-17(23-19)24-10-8-15-16(11-24)21-12-22-18(15)14-5-3-2-4-6-14/h2-7,9,12-13,25H,8,10-11H2,1H3/t13-/m1/s1. The lowest BCUT2D eigenvalue weighted by Gasteiger charge is -2.30. The van der Waals surface area contributed by atoms with Gasteiger partial charge >= 0.3 is 0 Å². The van der Waals surface area contributed by atoms with E-state index in [4.69, 9.17) is 0 Å². The van der Waals surface area contributed by atoms with Crippen molar-refractivity contribution in [3.63, 3.8) is 0 Å². The fourth-order valence-corrected chi connectivity index (χ4v) is 3.14. The van der Waals surface area contributed by atoms with Gasteiger partial charge in [-0.25, -0.2) is 19.9 Å². The highest BCUT2D eigenvalue weighted by Crippen LogP contribution is 2.28. The van der Waals surface area contributed by atoms with Crippen molar-refractivity contribution in [2.75, 3.05) is 11.4 Å². The van der Waals surface area contributed by atoms with Crippen molar-refractivity contribution in [3.8, 4) is 11.3 Å². The molecule has 0 fully saturated rings. The summed E-state index contributed by atoms with van der Waals surface area (Å²) in [5.74, 6) is 1.26. The first-order chi connectivity index (χ1) is 12.2. The molecule has 1 atom stereocenters. The van der Waals surface area contributed by atoms with Gasteiger partial charge in [-0.3, -0.25) is 0 Å². The Morgan fingerprint density at radius 1 is 1.08 bits per heavy atom. The Bertz CT molecular complexity index is 882. The van der Waals surface area contributed by atoms with Gasteiger partial charge in [0.15, 0.2) is 5.82 Å². The van der Waals surface area contributed by atoms with Gasteiger partial charge in [-0.05, 0) is 19.4 Å². The summed E-state index contributed by atoms with van der Waals surface area (Å²) in [6.07, 6.45) is 3.50. The van der Waals surface area contributed by atoms with Crippen molar-refractivity contribution in [2.45, 2.75) is 26.0 Å². The van der Waals surface area contributed by atoms with Gasteiger partial charge in [-0.15, -0.1) is 0 Å². The SMILES string of the molecule is C[C@@H](O)c1nccc(N2CCc3c(ncnc3-c3ccccc3)C2)n1. The van der Waals surface area contributed by atoms with Crippen LogP contribution in [0.3, 0.4) is 0 Å². The molecule has 3 heterocycles. The molecule has 126 valence electrons. The van der Waals surface area contributed by atoms with Crippen LogP contribution >= 0.6 is 0 Å². The van der Waals surface area contributed by atoms with E-state index in [9.17, 15) is 5.11 Å². The molecule has 0 amide bonds. The zero-order chi connectivity index (χ0) is 17.2. The fraction of sp³-hybridized carbons (Fsp3) is 0.263. The molecule has 0 saturated carbocycles. The van der Waals surface area contributed by atoms with E-state index in [0.29, 0.717) is 12.4 Å². The lowest BCUT2D eigenvalue weighted by atomic mass is 9.98. The Morgan fingerprint density at radius 2 is 1.92 bits per heavy atom. The second-order valence-corrected chi connectivity index (χ2v) is 6.13. The van der Waals surface area contributed by atoms with Crippen LogP contribution in [0.5, 0.6) is 0 Å². The Hall–Kier alpha value is -2.86. The first-order valence-corrected chi connectivity index (χ1v) is 8.36. The highest BCUT2D eigenvalue weighted by molar-refractivity contribution is 5.64. The van der Waals surface area contributed by atoms with E-state index < -0.39 is 6.10 Å². The second kappa shape index (κ2) is 6.57. The van der Waals surface area contributed by atoms with Crippen LogP contribution in [-0.2, 0) is 13.0 Å². The molecule has 1 aliphatic heterocycles. The van der Waals surface area contributed by atoms with E-state index in [-0.39, 0.29) is 0 Å². The van der Waals surface area contributed by atoms with Crippen molar-refractivity contribution in [2.24, 2.45) is 0 Å². The zero-order valence-electron chi connectivity index (χ0n) is 14.0. The van der Waals surface area contributed by atoms with E-state index in [1.54, 1.807) is 19.4 Å². The topological polar surface area (TPSA) is 75.0 Å². The highest BCUT2D eigenvalue weighted by Gasteiger charge is 2.22. The molecule has 3 aromatic rings. The number of nitrogens with zero attached hydrogens (tertiary/aromatic N) is 5. The molecule has 0 saturated heterocycles. The summed E-state index contributed by atoms with van der Waals surface area (Å²) in [7, 11) is 0. The molecule has 2 aromatic heterocycles. The van der Waals surface area contributed by atoms with Crippen LogP contribution in [0.2, 0.25) is 0 Å². The van der Waals surface area contributed by atoms with E-state index in [1.807, 2.05) is 24.3 Å². The van der Waals surface area contributed by atoms with E-state index in [0.717, 1.165) is 35.7 Å². The van der Waals surface area contributed by atoms with Gasteiger partial charge in [-0.1, -0.05) is 30.3 Å². The normalized spacial score (nSPS) is 14.9. The van der Waals surface area contributed by atoms with Crippen molar-refractivity contribution in [3.05, 3.63) is 66.0 Å². The summed E-state index contributed by atoms with van der Waals surface area (Å²) < 4.78 is 0. The van der Waals surface area contributed by atoms with Crippen LogP contribution in [0.4, 0.5) is 5.82 Å². The fourth-order valence-electron chi connectivity index (χ4n) is 3.14. The van der Waals surface area contributed by atoms with Gasteiger partial charge in [0, 0.05) is 23.9 Å². The predicted octanol–water partition coefficient (Wildman–Crippen LogP) is 2.55. The molecule has 25 heavy (non-hydrogen) atoms. The van der Waals surface area contributed by atoms with Crippen molar-refractivity contribution >= 4 is 5.82 Å². The van der Waals surface area contributed by atoms with E-state index in [1.165, 1.54) is 5.56 Å². The summed E-state index contributed by atoms with van der Waals surface area (Å²) in [5, 5.41) is 9.70. The molecular weight excluding hydrogens is 314 g/mol. The summed E-state index contributed by atoms with van der Waals surface area (Å²) in [4.78, 5) is 19.8. The van der Waals surface area contributed by atoms with Crippen LogP contribution in [0, 0.1) is 0 Å². The number of rotatable bonds is 3. The van der Waals surface area contributed by atoms with Crippen LogP contribution in [0.25, 0.3) is 11.3 Å². The summed E-state index contributed by atoms with van der Waals surface area (Å²) in [5.41, 5.74) is 4.36. The zero-order valence-corrected chi connectivity index (χ0v) is 14.0. The largest absolute Gasteiger partial charge is 0.385 e. The summed E-state index contributed by atoms with van der Waals surface area (Å²) in [6, 6.07) is 12.1. The van der Waals surface area contributed by atoms with Gasteiger partial charge in [0.05, 0.1) is 17.9 Å². The lowest BCUT2D eigenvalue weighted by Crippen LogP contribution is -2.32. The van der Waals surface area contributed by atoms with Gasteiger partial charge in [0.2, 0.25) is 0 Å². The average Bonchev–Trinajstić information content (AvgIpc) is 2.68. The molecular formula is C19H19N5O. The number of fused-ring (bicyclic) bond motifs is 1. The molecule has 1 N–H and O–H groups in total. The molecule has 6 nitrogen and oxygen atoms in total. The Labute approximate surface area is 146 Å². The number of hydrogen-bond acceptors (Lipinski definition) is 6. The number of benzene rings is 1. The quantitative estimate of drug-likeness (QED) is 0.794. The van der Waals surface area contributed by atoms with E-state index >= 15 is 0 Å². The third-order valence-electron chi connectivity index (χ3n) is 4.41. The minimum absolute atomic E-state index is 0.441. The maximum Gasteiger partial charge on any atom is 0.158 e. The Kier molecular flexibility index (Phi) is 4.11. The van der Waals surface area contributed by atoms with Crippen LogP contribution in [-0.4, -0.2) is 31.6 Å². The third kappa shape index (κ3) is 3.08. The van der Waals surface area contributed by atoms with Gasteiger partial charge in [0.1, 0.15) is 18.2 Å². The number of anilines is 1. The lowest BCUT2D eigenvalue weighted by molar-refractivity contribution is 0.189. The molecule has 6 heteroatoms.